The average Bonchev–Trinajstić information content (AvgIpc) is 2.81. The van der Waals surface area contributed by atoms with Gasteiger partial charge in [0.05, 0.1) is 22.7 Å². The highest BCUT2D eigenvalue weighted by Crippen LogP contribution is 2.20. The maximum absolute atomic E-state index is 12.2. The van der Waals surface area contributed by atoms with Crippen LogP contribution in [0.3, 0.4) is 0 Å². The highest BCUT2D eigenvalue weighted by molar-refractivity contribution is 6.05. The standard InChI is InChI=1S/C17H14N4O/c1-11-19-15-9-14(6-7-16(15)21(11)2)20-17(22)13-5-3-4-12(8-13)10-18/h3-9H,1-2H3,(H,20,22). The molecule has 5 heteroatoms. The minimum atomic E-state index is -0.246. The molecule has 0 aliphatic rings. The van der Waals surface area contributed by atoms with E-state index in [9.17, 15) is 4.79 Å². The summed E-state index contributed by atoms with van der Waals surface area (Å²) in [6.45, 7) is 1.94. The van der Waals surface area contributed by atoms with Crippen LogP contribution in [-0.4, -0.2) is 15.5 Å². The van der Waals surface area contributed by atoms with Gasteiger partial charge in [-0.15, -0.1) is 0 Å². The Kier molecular flexibility index (Phi) is 3.36. The molecule has 0 saturated heterocycles. The Hall–Kier alpha value is -3.13. The normalized spacial score (nSPS) is 10.4. The fourth-order valence-corrected chi connectivity index (χ4v) is 2.33. The molecule has 0 bridgehead atoms. The van der Waals surface area contributed by atoms with Crippen LogP contribution in [0, 0.1) is 18.3 Å². The lowest BCUT2D eigenvalue weighted by Crippen LogP contribution is -2.11. The van der Waals surface area contributed by atoms with Crippen molar-refractivity contribution in [3.8, 4) is 6.07 Å². The monoisotopic (exact) mass is 290 g/mol. The summed E-state index contributed by atoms with van der Waals surface area (Å²) in [6.07, 6.45) is 0. The molecule has 0 atom stereocenters. The summed E-state index contributed by atoms with van der Waals surface area (Å²) in [5, 5.41) is 11.7. The minimum Gasteiger partial charge on any atom is -0.331 e. The van der Waals surface area contributed by atoms with Gasteiger partial charge in [-0.25, -0.2) is 4.98 Å². The molecule has 0 fully saturated rings. The first kappa shape index (κ1) is 13.8. The predicted octanol–water partition coefficient (Wildman–Crippen LogP) is 3.01. The van der Waals surface area contributed by atoms with E-state index < -0.39 is 0 Å². The lowest BCUT2D eigenvalue weighted by Gasteiger charge is -2.06. The van der Waals surface area contributed by atoms with Gasteiger partial charge in [0, 0.05) is 18.3 Å². The Morgan fingerprint density at radius 2 is 2.09 bits per heavy atom. The Balaban J connectivity index is 1.89. The zero-order chi connectivity index (χ0) is 15.7. The summed E-state index contributed by atoms with van der Waals surface area (Å²) < 4.78 is 2.00. The summed E-state index contributed by atoms with van der Waals surface area (Å²) in [4.78, 5) is 16.7. The number of benzene rings is 2. The lowest BCUT2D eigenvalue weighted by molar-refractivity contribution is 0.102. The second-order valence-corrected chi connectivity index (χ2v) is 5.07. The van der Waals surface area contributed by atoms with Gasteiger partial charge in [0.25, 0.3) is 5.91 Å². The predicted molar refractivity (Wildman–Crippen MR) is 84.6 cm³/mol. The van der Waals surface area contributed by atoms with Crippen LogP contribution in [0.15, 0.2) is 42.5 Å². The van der Waals surface area contributed by atoms with Crippen LogP contribution >= 0.6 is 0 Å². The zero-order valence-electron chi connectivity index (χ0n) is 12.3. The SMILES string of the molecule is Cc1nc2cc(NC(=O)c3cccc(C#N)c3)ccc2n1C. The number of hydrogen-bond acceptors (Lipinski definition) is 3. The number of rotatable bonds is 2. The number of aryl methyl sites for hydroxylation is 2. The number of carbonyl (C=O) groups is 1. The Bertz CT molecular complexity index is 918. The van der Waals surface area contributed by atoms with Gasteiger partial charge in [0.1, 0.15) is 5.82 Å². The Labute approximate surface area is 127 Å². The van der Waals surface area contributed by atoms with Crippen molar-refractivity contribution in [1.82, 2.24) is 9.55 Å². The summed E-state index contributed by atoms with van der Waals surface area (Å²) >= 11 is 0. The number of carbonyl (C=O) groups excluding carboxylic acids is 1. The highest BCUT2D eigenvalue weighted by atomic mass is 16.1. The van der Waals surface area contributed by atoms with E-state index in [0.717, 1.165) is 16.9 Å². The maximum Gasteiger partial charge on any atom is 0.255 e. The molecule has 0 aliphatic heterocycles. The second-order valence-electron chi connectivity index (χ2n) is 5.07. The van der Waals surface area contributed by atoms with E-state index in [1.807, 2.05) is 42.8 Å². The smallest absolute Gasteiger partial charge is 0.255 e. The van der Waals surface area contributed by atoms with Crippen molar-refractivity contribution in [2.75, 3.05) is 5.32 Å². The number of amides is 1. The summed E-state index contributed by atoms with van der Waals surface area (Å²) in [7, 11) is 1.95. The van der Waals surface area contributed by atoms with E-state index in [4.69, 9.17) is 5.26 Å². The maximum atomic E-state index is 12.2. The van der Waals surface area contributed by atoms with Gasteiger partial charge in [-0.05, 0) is 43.3 Å². The third kappa shape index (κ3) is 2.42. The van der Waals surface area contributed by atoms with Gasteiger partial charge >= 0.3 is 0 Å². The quantitative estimate of drug-likeness (QED) is 0.788. The van der Waals surface area contributed by atoms with E-state index in [-0.39, 0.29) is 5.91 Å². The first-order chi connectivity index (χ1) is 10.6. The zero-order valence-corrected chi connectivity index (χ0v) is 12.3. The van der Waals surface area contributed by atoms with Gasteiger partial charge in [-0.1, -0.05) is 6.07 Å². The third-order valence-corrected chi connectivity index (χ3v) is 3.62. The van der Waals surface area contributed by atoms with Crippen LogP contribution in [0.25, 0.3) is 11.0 Å². The molecule has 1 heterocycles. The molecule has 22 heavy (non-hydrogen) atoms. The number of aromatic nitrogens is 2. The van der Waals surface area contributed by atoms with E-state index in [1.165, 1.54) is 0 Å². The van der Waals surface area contributed by atoms with Crippen molar-refractivity contribution < 1.29 is 4.79 Å². The highest BCUT2D eigenvalue weighted by Gasteiger charge is 2.09. The van der Waals surface area contributed by atoms with Gasteiger partial charge in [-0.2, -0.15) is 5.26 Å². The van der Waals surface area contributed by atoms with E-state index >= 15 is 0 Å². The van der Waals surface area contributed by atoms with Gasteiger partial charge in [-0.3, -0.25) is 4.79 Å². The van der Waals surface area contributed by atoms with Crippen LogP contribution in [0.1, 0.15) is 21.7 Å². The molecule has 0 unspecified atom stereocenters. The number of imidazole rings is 1. The summed E-state index contributed by atoms with van der Waals surface area (Å²) in [5.74, 6) is 0.671. The molecule has 0 spiro atoms. The average molecular weight is 290 g/mol. The molecule has 1 aromatic heterocycles. The number of fused-ring (bicyclic) bond motifs is 1. The molecule has 5 nitrogen and oxygen atoms in total. The van der Waals surface area contributed by atoms with Crippen molar-refractivity contribution in [1.29, 1.82) is 5.26 Å². The molecule has 108 valence electrons. The van der Waals surface area contributed by atoms with Crippen LogP contribution in [0.2, 0.25) is 0 Å². The lowest BCUT2D eigenvalue weighted by atomic mass is 10.1. The molecule has 0 aliphatic carbocycles. The molecule has 1 N–H and O–H groups in total. The van der Waals surface area contributed by atoms with E-state index in [1.54, 1.807) is 24.3 Å². The second kappa shape index (κ2) is 5.34. The number of nitrogens with one attached hydrogen (secondary N) is 1. The Morgan fingerprint density at radius 3 is 2.86 bits per heavy atom. The molecular formula is C17H14N4O. The van der Waals surface area contributed by atoms with Gasteiger partial charge in [0.15, 0.2) is 0 Å². The molecule has 3 rings (SSSR count). The van der Waals surface area contributed by atoms with Crippen molar-refractivity contribution in [3.63, 3.8) is 0 Å². The van der Waals surface area contributed by atoms with E-state index in [0.29, 0.717) is 16.8 Å². The van der Waals surface area contributed by atoms with Crippen LogP contribution in [0.4, 0.5) is 5.69 Å². The summed E-state index contributed by atoms with van der Waals surface area (Å²) in [6, 6.07) is 14.2. The largest absolute Gasteiger partial charge is 0.331 e. The van der Waals surface area contributed by atoms with Gasteiger partial charge < -0.3 is 9.88 Å². The molecule has 1 amide bonds. The number of hydrogen-bond donors (Lipinski definition) is 1. The third-order valence-electron chi connectivity index (χ3n) is 3.62. The molecular weight excluding hydrogens is 276 g/mol. The van der Waals surface area contributed by atoms with Crippen LogP contribution in [0.5, 0.6) is 0 Å². The Morgan fingerprint density at radius 1 is 1.27 bits per heavy atom. The number of anilines is 1. The first-order valence-corrected chi connectivity index (χ1v) is 6.83. The fraction of sp³-hybridized carbons (Fsp3) is 0.118. The van der Waals surface area contributed by atoms with Crippen molar-refractivity contribution >= 4 is 22.6 Å². The van der Waals surface area contributed by atoms with Crippen molar-refractivity contribution in [3.05, 3.63) is 59.4 Å². The van der Waals surface area contributed by atoms with Crippen molar-refractivity contribution in [2.45, 2.75) is 6.92 Å². The van der Waals surface area contributed by atoms with Crippen molar-refractivity contribution in [2.24, 2.45) is 7.05 Å². The number of nitrogens with zero attached hydrogens (tertiary/aromatic N) is 3. The van der Waals surface area contributed by atoms with Crippen LogP contribution in [-0.2, 0) is 7.05 Å². The molecule has 2 aromatic carbocycles. The molecule has 3 aromatic rings. The summed E-state index contributed by atoms with van der Waals surface area (Å²) in [5.41, 5.74) is 3.45. The first-order valence-electron chi connectivity index (χ1n) is 6.83. The molecule has 0 radical (unpaired) electrons. The minimum absolute atomic E-state index is 0.246. The fourth-order valence-electron chi connectivity index (χ4n) is 2.33. The molecule has 0 saturated carbocycles. The van der Waals surface area contributed by atoms with Gasteiger partial charge in [0.2, 0.25) is 0 Å². The topological polar surface area (TPSA) is 70.7 Å². The van der Waals surface area contributed by atoms with E-state index in [2.05, 4.69) is 10.3 Å². The number of nitriles is 1. The van der Waals surface area contributed by atoms with Crippen LogP contribution < -0.4 is 5.32 Å².